The maximum absolute atomic E-state index is 12.9. The minimum atomic E-state index is -0.789. The second-order valence-corrected chi connectivity index (χ2v) is 20.6. The molecule has 0 aromatic heterocycles. The maximum Gasteiger partial charge on any atom is 0.306 e. The van der Waals surface area contributed by atoms with Crippen molar-refractivity contribution in [1.82, 2.24) is 0 Å². The summed E-state index contributed by atoms with van der Waals surface area (Å²) in [6.07, 6.45) is 77.5. The van der Waals surface area contributed by atoms with Gasteiger partial charge in [-0.25, -0.2) is 0 Å². The molecular weight excluding hydrogens is 889 g/mol. The van der Waals surface area contributed by atoms with Gasteiger partial charge in [-0.3, -0.25) is 14.4 Å². The van der Waals surface area contributed by atoms with Crippen molar-refractivity contribution in [2.75, 3.05) is 13.2 Å². The molecule has 1 unspecified atom stereocenters. The van der Waals surface area contributed by atoms with Gasteiger partial charge < -0.3 is 14.2 Å². The van der Waals surface area contributed by atoms with Gasteiger partial charge >= 0.3 is 17.9 Å². The molecule has 0 aliphatic carbocycles. The van der Waals surface area contributed by atoms with Crippen LogP contribution in [0, 0.1) is 0 Å². The number of hydrogen-bond donors (Lipinski definition) is 0. The molecule has 0 aromatic carbocycles. The predicted octanol–water partition coefficient (Wildman–Crippen LogP) is 20.9. The fraction of sp³-hybridized carbons (Fsp3) is 0.773. The van der Waals surface area contributed by atoms with Gasteiger partial charge in [-0.1, -0.05) is 254 Å². The Hall–Kier alpha value is -3.15. The Balaban J connectivity index is 4.38. The first-order chi connectivity index (χ1) is 35.5. The molecule has 0 saturated heterocycles. The van der Waals surface area contributed by atoms with Gasteiger partial charge in [0.15, 0.2) is 6.10 Å². The molecule has 1 atom stereocenters. The lowest BCUT2D eigenvalue weighted by Crippen LogP contribution is -2.30. The number of carbonyl (C=O) groups excluding carboxylic acids is 3. The second-order valence-electron chi connectivity index (χ2n) is 20.6. The van der Waals surface area contributed by atoms with E-state index < -0.39 is 6.10 Å². The van der Waals surface area contributed by atoms with Gasteiger partial charge in [-0.2, -0.15) is 0 Å². The molecule has 6 nitrogen and oxygen atoms in total. The minimum Gasteiger partial charge on any atom is -0.462 e. The summed E-state index contributed by atoms with van der Waals surface area (Å²) in [6.45, 7) is 6.52. The molecule has 0 aliphatic rings. The smallest absolute Gasteiger partial charge is 0.306 e. The molecule has 416 valence electrons. The summed E-state index contributed by atoms with van der Waals surface area (Å²) < 4.78 is 16.9. The van der Waals surface area contributed by atoms with Crippen molar-refractivity contribution in [3.63, 3.8) is 0 Å². The predicted molar refractivity (Wildman–Crippen MR) is 311 cm³/mol. The number of hydrogen-bond acceptors (Lipinski definition) is 6. The summed E-state index contributed by atoms with van der Waals surface area (Å²) >= 11 is 0. The van der Waals surface area contributed by atoms with Crippen LogP contribution in [-0.2, 0) is 28.6 Å². The Bertz CT molecular complexity index is 1340. The third kappa shape index (κ3) is 57.7. The standard InChI is InChI=1S/C66H116O6/c1-4-7-10-13-16-19-22-25-28-30-32-33-34-36-38-41-44-47-50-53-56-59-65(68)71-62-63(61-70-64(67)58-55-52-49-46-43-40-37-27-24-21-18-15-12-9-6-3)72-66(69)60-57-54-51-48-45-42-39-35-31-29-26-23-20-17-14-11-8-5-2/h9,12,18,20-21,23,27,29-32,37,63H,4-8,10-11,13-17,19,22,24-26,28,33-36,38-62H2,1-3H3/b12-9-,21-18-,23-20-,31-29-,32-30-,37-27-. The molecular formula is C66H116O6. The van der Waals surface area contributed by atoms with E-state index in [2.05, 4.69) is 93.7 Å². The molecule has 0 saturated carbocycles. The third-order valence-corrected chi connectivity index (χ3v) is 13.4. The van der Waals surface area contributed by atoms with Gasteiger partial charge in [0.2, 0.25) is 0 Å². The summed E-state index contributed by atoms with van der Waals surface area (Å²) in [5, 5.41) is 0. The van der Waals surface area contributed by atoms with E-state index in [-0.39, 0.29) is 31.1 Å². The van der Waals surface area contributed by atoms with E-state index >= 15 is 0 Å². The Morgan fingerprint density at radius 1 is 0.292 bits per heavy atom. The summed E-state index contributed by atoms with van der Waals surface area (Å²) in [4.78, 5) is 38.3. The largest absolute Gasteiger partial charge is 0.462 e. The van der Waals surface area contributed by atoms with E-state index in [1.807, 2.05) is 0 Å². The van der Waals surface area contributed by atoms with Crippen molar-refractivity contribution in [2.45, 2.75) is 316 Å². The minimum absolute atomic E-state index is 0.0844. The third-order valence-electron chi connectivity index (χ3n) is 13.4. The average molecular weight is 1010 g/mol. The van der Waals surface area contributed by atoms with E-state index in [1.165, 1.54) is 161 Å². The van der Waals surface area contributed by atoms with Crippen molar-refractivity contribution < 1.29 is 28.6 Å². The van der Waals surface area contributed by atoms with Crippen LogP contribution in [0.25, 0.3) is 0 Å². The van der Waals surface area contributed by atoms with Gasteiger partial charge in [0.25, 0.3) is 0 Å². The highest BCUT2D eigenvalue weighted by Gasteiger charge is 2.19. The van der Waals surface area contributed by atoms with Gasteiger partial charge in [0, 0.05) is 19.3 Å². The van der Waals surface area contributed by atoms with Crippen LogP contribution in [0.4, 0.5) is 0 Å². The zero-order valence-corrected chi connectivity index (χ0v) is 47.7. The molecule has 0 bridgehead atoms. The zero-order chi connectivity index (χ0) is 52.2. The monoisotopic (exact) mass is 1000 g/mol. The van der Waals surface area contributed by atoms with Gasteiger partial charge in [0.1, 0.15) is 13.2 Å². The molecule has 0 fully saturated rings. The van der Waals surface area contributed by atoms with Crippen LogP contribution in [-0.4, -0.2) is 37.2 Å². The first kappa shape index (κ1) is 68.8. The summed E-state index contributed by atoms with van der Waals surface area (Å²) in [6, 6.07) is 0. The highest BCUT2D eigenvalue weighted by molar-refractivity contribution is 5.71. The summed E-state index contributed by atoms with van der Waals surface area (Å²) in [5.41, 5.74) is 0. The average Bonchev–Trinajstić information content (AvgIpc) is 3.38. The van der Waals surface area contributed by atoms with Crippen LogP contribution in [0.2, 0.25) is 0 Å². The maximum atomic E-state index is 12.9. The lowest BCUT2D eigenvalue weighted by atomic mass is 10.1. The van der Waals surface area contributed by atoms with E-state index in [9.17, 15) is 14.4 Å². The number of carbonyl (C=O) groups is 3. The first-order valence-electron chi connectivity index (χ1n) is 30.9. The fourth-order valence-electron chi connectivity index (χ4n) is 8.78. The van der Waals surface area contributed by atoms with Crippen LogP contribution in [0.1, 0.15) is 310 Å². The van der Waals surface area contributed by atoms with Crippen molar-refractivity contribution in [3.8, 4) is 0 Å². The Kier molecular flexibility index (Phi) is 57.8. The highest BCUT2D eigenvalue weighted by atomic mass is 16.6. The quantitative estimate of drug-likeness (QED) is 0.0261. The Morgan fingerprint density at radius 3 is 0.875 bits per heavy atom. The number of ether oxygens (including phenoxy) is 3. The lowest BCUT2D eigenvalue weighted by molar-refractivity contribution is -0.167. The SMILES string of the molecule is CC/C=C\C/C=C\C/C=C\CCCCCCCC(=O)OCC(COC(=O)CCCCCCCCCCC/C=C\CCCCCCCCCC)OC(=O)CCCCCCCCC/C=C\C/C=C\CCCCCC. The van der Waals surface area contributed by atoms with Crippen LogP contribution in [0.3, 0.4) is 0 Å². The molecule has 0 aliphatic heterocycles. The van der Waals surface area contributed by atoms with Gasteiger partial charge in [-0.15, -0.1) is 0 Å². The van der Waals surface area contributed by atoms with Gasteiger partial charge in [-0.05, 0) is 109 Å². The molecule has 0 N–H and O–H groups in total. The zero-order valence-electron chi connectivity index (χ0n) is 47.7. The summed E-state index contributed by atoms with van der Waals surface area (Å²) in [7, 11) is 0. The molecule has 0 rings (SSSR count). The topological polar surface area (TPSA) is 78.9 Å². The first-order valence-corrected chi connectivity index (χ1v) is 30.9. The molecule has 72 heavy (non-hydrogen) atoms. The van der Waals surface area contributed by atoms with Crippen molar-refractivity contribution in [3.05, 3.63) is 72.9 Å². The fourth-order valence-corrected chi connectivity index (χ4v) is 8.78. The molecule has 0 amide bonds. The number of esters is 3. The molecule has 0 radical (unpaired) electrons. The van der Waals surface area contributed by atoms with Gasteiger partial charge in [0.05, 0.1) is 0 Å². The molecule has 0 spiro atoms. The van der Waals surface area contributed by atoms with E-state index in [0.29, 0.717) is 19.3 Å². The normalized spacial score (nSPS) is 12.5. The molecule has 0 heterocycles. The number of unbranched alkanes of at least 4 members (excludes halogenated alkanes) is 33. The number of allylic oxidation sites excluding steroid dienone is 12. The Labute approximate surface area is 446 Å². The van der Waals surface area contributed by atoms with E-state index in [0.717, 1.165) is 109 Å². The molecule has 6 heteroatoms. The van der Waals surface area contributed by atoms with Crippen molar-refractivity contribution in [1.29, 1.82) is 0 Å². The Morgan fingerprint density at radius 2 is 0.542 bits per heavy atom. The van der Waals surface area contributed by atoms with Crippen LogP contribution in [0.15, 0.2) is 72.9 Å². The number of rotatable bonds is 56. The second kappa shape index (κ2) is 60.4. The summed E-state index contributed by atoms with van der Waals surface area (Å²) in [5.74, 6) is -0.900. The van der Waals surface area contributed by atoms with E-state index in [1.54, 1.807) is 0 Å². The van der Waals surface area contributed by atoms with Crippen LogP contribution in [0.5, 0.6) is 0 Å². The van der Waals surface area contributed by atoms with E-state index in [4.69, 9.17) is 14.2 Å². The molecule has 0 aromatic rings. The lowest BCUT2D eigenvalue weighted by Gasteiger charge is -2.18. The highest BCUT2D eigenvalue weighted by Crippen LogP contribution is 2.16. The van der Waals surface area contributed by atoms with Crippen molar-refractivity contribution in [2.24, 2.45) is 0 Å². The van der Waals surface area contributed by atoms with Crippen LogP contribution >= 0.6 is 0 Å². The van der Waals surface area contributed by atoms with Crippen LogP contribution < -0.4 is 0 Å². The van der Waals surface area contributed by atoms with Crippen molar-refractivity contribution >= 4 is 17.9 Å².